The molecule has 0 radical (unpaired) electrons. The molecule has 0 unspecified atom stereocenters. The fourth-order valence-corrected chi connectivity index (χ4v) is 4.10. The Bertz CT molecular complexity index is 909. The van der Waals surface area contributed by atoms with Crippen LogP contribution >= 0.6 is 0 Å². The maximum Gasteiger partial charge on any atom is 0.419 e. The number of hydrogen-bond acceptors (Lipinski definition) is 2. The zero-order valence-corrected chi connectivity index (χ0v) is 12.8. The Hall–Kier alpha value is -2.16. The molecule has 0 N–H and O–H groups in total. The first kappa shape index (κ1) is 16.7. The van der Waals surface area contributed by atoms with Gasteiger partial charge in [0.25, 0.3) is 10.0 Å². The molecule has 128 valence electrons. The lowest BCUT2D eigenvalue weighted by atomic mass is 10.2. The summed E-state index contributed by atoms with van der Waals surface area (Å²) < 4.78 is 91.1. The zero-order chi connectivity index (χ0) is 17.7. The van der Waals surface area contributed by atoms with Gasteiger partial charge in [-0.1, -0.05) is 6.07 Å². The second-order valence-electron chi connectivity index (χ2n) is 5.24. The molecule has 0 atom stereocenters. The van der Waals surface area contributed by atoms with Gasteiger partial charge < -0.3 is 0 Å². The van der Waals surface area contributed by atoms with E-state index in [0.717, 1.165) is 16.4 Å². The van der Waals surface area contributed by atoms with E-state index < -0.39 is 38.3 Å². The van der Waals surface area contributed by atoms with Crippen LogP contribution in [-0.4, -0.2) is 15.0 Å². The van der Waals surface area contributed by atoms with Gasteiger partial charge in [-0.05, 0) is 42.3 Å². The standard InChI is InChI=1S/C15H10F5NO2S/c16-10-2-1-9-5-6-21(14(9)7-10)24(22,23)11-3-4-13(17)12(8-11)15(18,19)20/h1-4,7-8H,5-6H2. The van der Waals surface area contributed by atoms with E-state index in [4.69, 9.17) is 0 Å². The third kappa shape index (κ3) is 2.72. The Morgan fingerprint density at radius 2 is 1.71 bits per heavy atom. The fourth-order valence-electron chi connectivity index (χ4n) is 2.58. The van der Waals surface area contributed by atoms with E-state index in [1.807, 2.05) is 0 Å². The number of alkyl halides is 3. The molecule has 0 fully saturated rings. The van der Waals surface area contributed by atoms with Crippen LogP contribution in [0.3, 0.4) is 0 Å². The number of benzene rings is 2. The van der Waals surface area contributed by atoms with Crippen molar-refractivity contribution < 1.29 is 30.4 Å². The van der Waals surface area contributed by atoms with Crippen molar-refractivity contribution in [1.82, 2.24) is 0 Å². The van der Waals surface area contributed by atoms with E-state index in [9.17, 15) is 30.4 Å². The van der Waals surface area contributed by atoms with Crippen LogP contribution in [0.2, 0.25) is 0 Å². The first-order valence-electron chi connectivity index (χ1n) is 6.78. The highest BCUT2D eigenvalue weighted by molar-refractivity contribution is 7.92. The first-order valence-corrected chi connectivity index (χ1v) is 8.22. The van der Waals surface area contributed by atoms with Gasteiger partial charge in [0, 0.05) is 6.54 Å². The minimum Gasteiger partial charge on any atom is -0.266 e. The number of rotatable bonds is 2. The van der Waals surface area contributed by atoms with Gasteiger partial charge in [0.2, 0.25) is 0 Å². The van der Waals surface area contributed by atoms with Crippen molar-refractivity contribution in [3.63, 3.8) is 0 Å². The largest absolute Gasteiger partial charge is 0.419 e. The van der Waals surface area contributed by atoms with Crippen molar-refractivity contribution in [2.75, 3.05) is 10.8 Å². The Balaban J connectivity index is 2.10. The molecule has 1 aliphatic heterocycles. The maximum atomic E-state index is 13.4. The maximum absolute atomic E-state index is 13.4. The van der Waals surface area contributed by atoms with E-state index >= 15 is 0 Å². The average molecular weight is 363 g/mol. The number of halogens is 5. The molecule has 0 amide bonds. The molecule has 0 spiro atoms. The lowest BCUT2D eigenvalue weighted by Crippen LogP contribution is -2.29. The Morgan fingerprint density at radius 1 is 1.00 bits per heavy atom. The summed E-state index contributed by atoms with van der Waals surface area (Å²) in [4.78, 5) is -0.701. The second kappa shape index (κ2) is 5.44. The number of fused-ring (bicyclic) bond motifs is 1. The summed E-state index contributed by atoms with van der Waals surface area (Å²) in [6.45, 7) is -0.0279. The van der Waals surface area contributed by atoms with Gasteiger partial charge in [0.15, 0.2) is 0 Å². The third-order valence-corrected chi connectivity index (χ3v) is 5.54. The molecule has 0 saturated heterocycles. The molecule has 1 heterocycles. The minimum atomic E-state index is -5.02. The molecule has 0 aromatic heterocycles. The van der Waals surface area contributed by atoms with Gasteiger partial charge in [0.05, 0.1) is 16.1 Å². The summed E-state index contributed by atoms with van der Waals surface area (Å²) >= 11 is 0. The van der Waals surface area contributed by atoms with Crippen LogP contribution in [0.1, 0.15) is 11.1 Å². The monoisotopic (exact) mass is 363 g/mol. The van der Waals surface area contributed by atoms with Gasteiger partial charge in [-0.3, -0.25) is 4.31 Å². The molecular formula is C15H10F5NO2S. The Labute approximate surface area is 134 Å². The SMILES string of the molecule is O=S(=O)(c1ccc(F)c(C(F)(F)F)c1)N1CCc2ccc(F)cc21. The molecule has 9 heteroatoms. The van der Waals surface area contributed by atoms with Gasteiger partial charge in [-0.15, -0.1) is 0 Å². The summed E-state index contributed by atoms with van der Waals surface area (Å²) in [5.41, 5.74) is -1.02. The molecule has 0 bridgehead atoms. The van der Waals surface area contributed by atoms with Crippen LogP contribution in [0.4, 0.5) is 27.6 Å². The summed E-state index contributed by atoms with van der Waals surface area (Å²) in [5.74, 6) is -2.22. The molecule has 24 heavy (non-hydrogen) atoms. The lowest BCUT2D eigenvalue weighted by Gasteiger charge is -2.20. The van der Waals surface area contributed by atoms with Gasteiger partial charge in [-0.2, -0.15) is 13.2 Å². The summed E-state index contributed by atoms with van der Waals surface area (Å²) in [6, 6.07) is 5.08. The zero-order valence-electron chi connectivity index (χ0n) is 11.9. The second-order valence-corrected chi connectivity index (χ2v) is 7.10. The van der Waals surface area contributed by atoms with Gasteiger partial charge in [-0.25, -0.2) is 17.2 Å². The van der Waals surface area contributed by atoms with E-state index in [1.54, 1.807) is 0 Å². The number of anilines is 1. The third-order valence-electron chi connectivity index (χ3n) is 3.73. The topological polar surface area (TPSA) is 37.4 Å². The van der Waals surface area contributed by atoms with Crippen LogP contribution in [0.25, 0.3) is 0 Å². The molecule has 2 aromatic rings. The molecule has 0 aliphatic carbocycles. The number of hydrogen-bond donors (Lipinski definition) is 0. The van der Waals surface area contributed by atoms with Crippen molar-refractivity contribution in [3.8, 4) is 0 Å². The highest BCUT2D eigenvalue weighted by Gasteiger charge is 2.37. The highest BCUT2D eigenvalue weighted by atomic mass is 32.2. The quantitative estimate of drug-likeness (QED) is 0.763. The van der Waals surface area contributed by atoms with Crippen LogP contribution in [0, 0.1) is 11.6 Å². The lowest BCUT2D eigenvalue weighted by molar-refractivity contribution is -0.140. The van der Waals surface area contributed by atoms with E-state index in [2.05, 4.69) is 0 Å². The predicted octanol–water partition coefficient (Wildman–Crippen LogP) is 3.74. The highest BCUT2D eigenvalue weighted by Crippen LogP contribution is 2.36. The predicted molar refractivity (Wildman–Crippen MR) is 76.0 cm³/mol. The normalized spacial score (nSPS) is 14.8. The van der Waals surface area contributed by atoms with Crippen LogP contribution in [0.15, 0.2) is 41.3 Å². The molecule has 3 nitrogen and oxygen atoms in total. The van der Waals surface area contributed by atoms with Crippen molar-refractivity contribution in [1.29, 1.82) is 0 Å². The molecule has 1 aliphatic rings. The van der Waals surface area contributed by atoms with E-state index in [1.165, 1.54) is 12.1 Å². The minimum absolute atomic E-state index is 0.0279. The number of sulfonamides is 1. The van der Waals surface area contributed by atoms with Crippen molar-refractivity contribution in [2.45, 2.75) is 17.5 Å². The summed E-state index contributed by atoms with van der Waals surface area (Å²) in [5, 5.41) is 0. The van der Waals surface area contributed by atoms with Crippen LogP contribution in [0.5, 0.6) is 0 Å². The van der Waals surface area contributed by atoms with Gasteiger partial charge >= 0.3 is 6.18 Å². The Morgan fingerprint density at radius 3 is 2.38 bits per heavy atom. The average Bonchev–Trinajstić information content (AvgIpc) is 2.89. The molecule has 2 aromatic carbocycles. The van der Waals surface area contributed by atoms with E-state index in [-0.39, 0.29) is 18.3 Å². The Kier molecular flexibility index (Phi) is 3.78. The molecular weight excluding hydrogens is 353 g/mol. The fraction of sp³-hybridized carbons (Fsp3) is 0.200. The van der Waals surface area contributed by atoms with Gasteiger partial charge in [0.1, 0.15) is 11.6 Å². The van der Waals surface area contributed by atoms with Crippen LogP contribution < -0.4 is 4.31 Å². The molecule has 3 rings (SSSR count). The van der Waals surface area contributed by atoms with Crippen molar-refractivity contribution in [2.24, 2.45) is 0 Å². The smallest absolute Gasteiger partial charge is 0.266 e. The first-order chi connectivity index (χ1) is 11.1. The van der Waals surface area contributed by atoms with Crippen molar-refractivity contribution in [3.05, 3.63) is 59.2 Å². The van der Waals surface area contributed by atoms with Crippen molar-refractivity contribution >= 4 is 15.7 Å². The van der Waals surface area contributed by atoms with Crippen LogP contribution in [-0.2, 0) is 22.6 Å². The molecule has 0 saturated carbocycles. The van der Waals surface area contributed by atoms with E-state index in [0.29, 0.717) is 18.1 Å². The summed E-state index contributed by atoms with van der Waals surface area (Å²) in [6.07, 6.45) is -4.72. The number of nitrogens with zero attached hydrogens (tertiary/aromatic N) is 1. The summed E-state index contributed by atoms with van der Waals surface area (Å²) in [7, 11) is -4.37.